The molecule has 0 atom stereocenters. The summed E-state index contributed by atoms with van der Waals surface area (Å²) in [5, 5.41) is 1.71. The van der Waals surface area contributed by atoms with E-state index in [0.717, 1.165) is 46.5 Å². The van der Waals surface area contributed by atoms with Gasteiger partial charge in [0.2, 0.25) is 0 Å². The van der Waals surface area contributed by atoms with Gasteiger partial charge in [0.25, 0.3) is 0 Å². The summed E-state index contributed by atoms with van der Waals surface area (Å²) in [5.41, 5.74) is 4.87. The molecule has 0 spiro atoms. The maximum absolute atomic E-state index is 13.6. The van der Waals surface area contributed by atoms with Gasteiger partial charge < -0.3 is 14.6 Å². The molecule has 1 aliphatic rings. The highest BCUT2D eigenvalue weighted by Gasteiger charge is 2.21. The van der Waals surface area contributed by atoms with Crippen molar-refractivity contribution in [3.8, 4) is 0 Å². The summed E-state index contributed by atoms with van der Waals surface area (Å²) in [4.78, 5) is 24.0. The molecular formula is C24H23N3O2. The minimum absolute atomic E-state index is 0.0772. The molecule has 29 heavy (non-hydrogen) atoms. The lowest BCUT2D eigenvalue weighted by molar-refractivity contribution is 0.122. The van der Waals surface area contributed by atoms with E-state index in [4.69, 9.17) is 4.74 Å². The molecule has 0 bridgehead atoms. The maximum atomic E-state index is 13.6. The third-order valence-electron chi connectivity index (χ3n) is 5.65. The van der Waals surface area contributed by atoms with Crippen molar-refractivity contribution >= 4 is 27.6 Å². The Morgan fingerprint density at radius 3 is 2.66 bits per heavy atom. The van der Waals surface area contributed by atoms with Crippen LogP contribution in [0.25, 0.3) is 21.8 Å². The summed E-state index contributed by atoms with van der Waals surface area (Å²) in [5.74, 6) is 0.893. The number of aryl methyl sites for hydroxylation is 1. The van der Waals surface area contributed by atoms with Crippen molar-refractivity contribution < 1.29 is 4.74 Å². The number of nitrogens with zero attached hydrogens (tertiary/aromatic N) is 2. The van der Waals surface area contributed by atoms with Crippen molar-refractivity contribution in [2.24, 2.45) is 0 Å². The molecule has 1 saturated heterocycles. The number of ether oxygens (including phenoxy) is 1. The second-order valence-corrected chi connectivity index (χ2v) is 7.61. The van der Waals surface area contributed by atoms with Gasteiger partial charge in [0.1, 0.15) is 5.82 Å². The zero-order valence-electron chi connectivity index (χ0n) is 16.4. The molecule has 146 valence electrons. The predicted octanol–water partition coefficient (Wildman–Crippen LogP) is 3.81. The highest BCUT2D eigenvalue weighted by atomic mass is 16.5. The number of aromatic amines is 1. The van der Waals surface area contributed by atoms with Crippen LogP contribution in [0.15, 0.2) is 59.5 Å². The molecule has 4 aromatic rings. The first-order chi connectivity index (χ1) is 14.2. The first kappa shape index (κ1) is 17.9. The molecule has 3 heterocycles. The van der Waals surface area contributed by atoms with Crippen LogP contribution in [0.4, 0.5) is 5.82 Å². The zero-order chi connectivity index (χ0) is 19.8. The molecule has 5 rings (SSSR count). The van der Waals surface area contributed by atoms with Crippen LogP contribution in [0.5, 0.6) is 0 Å². The molecule has 0 saturated carbocycles. The average molecular weight is 385 g/mol. The summed E-state index contributed by atoms with van der Waals surface area (Å²) in [6, 6.07) is 16.2. The molecule has 2 aromatic carbocycles. The monoisotopic (exact) mass is 385 g/mol. The Hall–Kier alpha value is -3.18. The molecule has 1 aliphatic heterocycles. The minimum atomic E-state index is 0.0772. The fraction of sp³-hybridized carbons (Fsp3) is 0.250. The molecular weight excluding hydrogens is 362 g/mol. The predicted molar refractivity (Wildman–Crippen MR) is 117 cm³/mol. The molecule has 1 fully saturated rings. The molecule has 1 N–H and O–H groups in total. The summed E-state index contributed by atoms with van der Waals surface area (Å²) in [7, 11) is 0. The van der Waals surface area contributed by atoms with E-state index in [2.05, 4.69) is 46.1 Å². The number of H-pyrrole nitrogens is 1. The molecule has 2 aromatic heterocycles. The Balaban J connectivity index is 1.74. The Morgan fingerprint density at radius 1 is 1.07 bits per heavy atom. The maximum Gasteiger partial charge on any atom is 0.195 e. The van der Waals surface area contributed by atoms with Gasteiger partial charge in [0.15, 0.2) is 5.43 Å². The van der Waals surface area contributed by atoms with Crippen LogP contribution in [-0.4, -0.2) is 36.3 Å². The number of anilines is 1. The Labute approximate surface area is 169 Å². The van der Waals surface area contributed by atoms with Gasteiger partial charge >= 0.3 is 0 Å². The van der Waals surface area contributed by atoms with E-state index < -0.39 is 0 Å². The number of aromatic nitrogens is 2. The number of fused-ring (bicyclic) bond motifs is 3. The lowest BCUT2D eigenvalue weighted by Crippen LogP contribution is -2.38. The number of morpholine rings is 1. The van der Waals surface area contributed by atoms with E-state index in [0.29, 0.717) is 25.0 Å². The second kappa shape index (κ2) is 7.33. The van der Waals surface area contributed by atoms with Gasteiger partial charge in [-0.25, -0.2) is 0 Å². The average Bonchev–Trinajstić information content (AvgIpc) is 2.77. The fourth-order valence-electron chi connectivity index (χ4n) is 4.06. The van der Waals surface area contributed by atoms with Crippen LogP contribution < -0.4 is 10.3 Å². The number of pyridine rings is 2. The number of rotatable bonds is 3. The molecule has 5 heteroatoms. The van der Waals surface area contributed by atoms with Gasteiger partial charge in [-0.1, -0.05) is 42.0 Å². The van der Waals surface area contributed by atoms with E-state index in [1.54, 1.807) is 6.20 Å². The number of hydrogen-bond acceptors (Lipinski definition) is 4. The Morgan fingerprint density at radius 2 is 1.86 bits per heavy atom. The van der Waals surface area contributed by atoms with Crippen LogP contribution in [-0.2, 0) is 11.2 Å². The molecule has 0 aliphatic carbocycles. The van der Waals surface area contributed by atoms with E-state index in [9.17, 15) is 4.79 Å². The van der Waals surface area contributed by atoms with Crippen molar-refractivity contribution in [1.82, 2.24) is 9.97 Å². The number of benzene rings is 2. The SMILES string of the molecule is Cc1ccc(Cc2c(N3CCOCC3)[nH]c3c(ccc4cccnc43)c2=O)cc1. The van der Waals surface area contributed by atoms with Crippen LogP contribution in [0, 0.1) is 6.92 Å². The third kappa shape index (κ3) is 3.28. The lowest BCUT2D eigenvalue weighted by atomic mass is 10.0. The van der Waals surface area contributed by atoms with Crippen molar-refractivity contribution in [3.05, 3.63) is 81.6 Å². The van der Waals surface area contributed by atoms with Gasteiger partial charge in [-0.05, 0) is 24.6 Å². The smallest absolute Gasteiger partial charge is 0.195 e. The first-order valence-corrected chi connectivity index (χ1v) is 10.0. The minimum Gasteiger partial charge on any atom is -0.378 e. The fourth-order valence-corrected chi connectivity index (χ4v) is 4.06. The van der Waals surface area contributed by atoms with E-state index >= 15 is 0 Å². The standard InChI is InChI=1S/C24H23N3O2/c1-16-4-6-17(7-5-16)15-20-23(28)19-9-8-18-3-2-10-25-21(18)22(19)26-24(20)27-11-13-29-14-12-27/h2-10H,11-15H2,1H3,(H,26,28). The summed E-state index contributed by atoms with van der Waals surface area (Å²) in [6.45, 7) is 4.93. The van der Waals surface area contributed by atoms with Crippen molar-refractivity contribution in [2.45, 2.75) is 13.3 Å². The van der Waals surface area contributed by atoms with Crippen LogP contribution in [0.2, 0.25) is 0 Å². The lowest BCUT2D eigenvalue weighted by Gasteiger charge is -2.30. The van der Waals surface area contributed by atoms with Crippen molar-refractivity contribution in [1.29, 1.82) is 0 Å². The molecule has 0 amide bonds. The van der Waals surface area contributed by atoms with Crippen LogP contribution >= 0.6 is 0 Å². The molecule has 0 radical (unpaired) electrons. The van der Waals surface area contributed by atoms with Gasteiger partial charge in [-0.3, -0.25) is 9.78 Å². The highest BCUT2D eigenvalue weighted by Crippen LogP contribution is 2.27. The largest absolute Gasteiger partial charge is 0.378 e. The molecule has 0 unspecified atom stereocenters. The Bertz CT molecular complexity index is 1240. The first-order valence-electron chi connectivity index (χ1n) is 10.0. The van der Waals surface area contributed by atoms with E-state index in [1.807, 2.05) is 24.3 Å². The van der Waals surface area contributed by atoms with E-state index in [-0.39, 0.29) is 5.43 Å². The van der Waals surface area contributed by atoms with Gasteiger partial charge in [0, 0.05) is 42.0 Å². The normalized spacial score (nSPS) is 14.6. The van der Waals surface area contributed by atoms with Crippen LogP contribution in [0.3, 0.4) is 0 Å². The Kier molecular flexibility index (Phi) is 4.52. The second-order valence-electron chi connectivity index (χ2n) is 7.61. The van der Waals surface area contributed by atoms with Gasteiger partial charge in [-0.15, -0.1) is 0 Å². The number of nitrogens with one attached hydrogen (secondary N) is 1. The van der Waals surface area contributed by atoms with Gasteiger partial charge in [0.05, 0.1) is 24.2 Å². The third-order valence-corrected chi connectivity index (χ3v) is 5.65. The zero-order valence-corrected chi connectivity index (χ0v) is 16.4. The van der Waals surface area contributed by atoms with Gasteiger partial charge in [-0.2, -0.15) is 0 Å². The highest BCUT2D eigenvalue weighted by molar-refractivity contribution is 6.03. The number of hydrogen-bond donors (Lipinski definition) is 1. The quantitative estimate of drug-likeness (QED) is 0.545. The van der Waals surface area contributed by atoms with E-state index in [1.165, 1.54) is 5.56 Å². The topological polar surface area (TPSA) is 58.2 Å². The summed E-state index contributed by atoms with van der Waals surface area (Å²) in [6.07, 6.45) is 2.37. The summed E-state index contributed by atoms with van der Waals surface area (Å²) >= 11 is 0. The van der Waals surface area contributed by atoms with Crippen LogP contribution in [0.1, 0.15) is 16.7 Å². The molecule has 5 nitrogen and oxygen atoms in total. The van der Waals surface area contributed by atoms with Crippen molar-refractivity contribution in [2.75, 3.05) is 31.2 Å². The van der Waals surface area contributed by atoms with Crippen molar-refractivity contribution in [3.63, 3.8) is 0 Å². The summed E-state index contributed by atoms with van der Waals surface area (Å²) < 4.78 is 5.53.